The zero-order valence-corrected chi connectivity index (χ0v) is 16.4. The van der Waals surface area contributed by atoms with Crippen LogP contribution in [0.1, 0.15) is 19.4 Å². The van der Waals surface area contributed by atoms with Gasteiger partial charge < -0.3 is 14.2 Å². The topological polar surface area (TPSA) is 61.8 Å². The van der Waals surface area contributed by atoms with Crippen LogP contribution in [0.3, 0.4) is 0 Å². The predicted octanol–water partition coefficient (Wildman–Crippen LogP) is 4.94. The van der Waals surface area contributed by atoms with Gasteiger partial charge in [0.25, 0.3) is 0 Å². The number of carbonyl (C=O) groups excluding carboxylic acids is 2. The largest absolute Gasteiger partial charge is 0.496 e. The van der Waals surface area contributed by atoms with Crippen LogP contribution in [0.4, 0.5) is 0 Å². The third-order valence-electron chi connectivity index (χ3n) is 3.45. The number of esters is 2. The maximum absolute atomic E-state index is 11.7. The quantitative estimate of drug-likeness (QED) is 0.200. The summed E-state index contributed by atoms with van der Waals surface area (Å²) in [4.78, 5) is 23.3. The van der Waals surface area contributed by atoms with Crippen LogP contribution in [0.25, 0.3) is 5.57 Å². The van der Waals surface area contributed by atoms with E-state index in [0.717, 1.165) is 0 Å². The van der Waals surface area contributed by atoms with Gasteiger partial charge in [0.1, 0.15) is 17.3 Å². The lowest BCUT2D eigenvalue weighted by molar-refractivity contribution is -0.134. The van der Waals surface area contributed by atoms with Crippen LogP contribution >= 0.6 is 0 Å². The molecule has 5 nitrogen and oxygen atoms in total. The maximum atomic E-state index is 11.7. The lowest BCUT2D eigenvalue weighted by Crippen LogP contribution is -2.08. The van der Waals surface area contributed by atoms with Gasteiger partial charge in [-0.3, -0.25) is 0 Å². The minimum atomic E-state index is -0.541. The van der Waals surface area contributed by atoms with Gasteiger partial charge in [0.15, 0.2) is 0 Å². The molecule has 0 unspecified atom stereocenters. The molecule has 1 rings (SSSR count). The maximum Gasteiger partial charge on any atom is 0.338 e. The van der Waals surface area contributed by atoms with Crippen molar-refractivity contribution in [3.8, 4) is 11.5 Å². The van der Waals surface area contributed by atoms with Gasteiger partial charge in [-0.25, -0.2) is 9.59 Å². The molecule has 1 aromatic rings. The van der Waals surface area contributed by atoms with E-state index < -0.39 is 11.9 Å². The summed E-state index contributed by atoms with van der Waals surface area (Å²) in [5.41, 5.74) is 1.97. The van der Waals surface area contributed by atoms with E-state index in [2.05, 4.69) is 26.3 Å². The average Bonchev–Trinajstić information content (AvgIpc) is 2.67. The zero-order chi connectivity index (χ0) is 21.3. The van der Waals surface area contributed by atoms with Crippen molar-refractivity contribution in [3.05, 3.63) is 91.3 Å². The molecule has 0 aromatic heterocycles. The van der Waals surface area contributed by atoms with E-state index in [1.165, 1.54) is 13.2 Å². The first-order valence-electron chi connectivity index (χ1n) is 8.34. The highest BCUT2D eigenvalue weighted by Crippen LogP contribution is 2.31. The fourth-order valence-electron chi connectivity index (χ4n) is 1.95. The van der Waals surface area contributed by atoms with Crippen molar-refractivity contribution in [3.63, 3.8) is 0 Å². The molecule has 0 atom stereocenters. The Hall–Kier alpha value is -3.60. The Morgan fingerprint density at radius 3 is 2.11 bits per heavy atom. The molecule has 0 fully saturated rings. The van der Waals surface area contributed by atoms with Crippen LogP contribution in [0.2, 0.25) is 0 Å². The Balaban J connectivity index is 3.22. The number of carbonyl (C=O) groups is 2. The Morgan fingerprint density at radius 1 is 0.964 bits per heavy atom. The lowest BCUT2D eigenvalue weighted by atomic mass is 10.0. The van der Waals surface area contributed by atoms with Gasteiger partial charge in [-0.15, -0.1) is 0 Å². The highest BCUT2D eigenvalue weighted by molar-refractivity contribution is 5.89. The van der Waals surface area contributed by atoms with Crippen molar-refractivity contribution in [2.45, 2.75) is 13.8 Å². The average molecular weight is 380 g/mol. The summed E-state index contributed by atoms with van der Waals surface area (Å²) in [6.45, 7) is 17.6. The molecule has 5 heteroatoms. The second-order valence-electron chi connectivity index (χ2n) is 5.80. The Morgan fingerprint density at radius 2 is 1.61 bits per heavy atom. The van der Waals surface area contributed by atoms with Crippen molar-refractivity contribution < 1.29 is 23.8 Å². The summed E-state index contributed by atoms with van der Waals surface area (Å²) in [7, 11) is 1.50. The fraction of sp³-hybridized carbons (Fsp3) is 0.130. The van der Waals surface area contributed by atoms with Gasteiger partial charge in [0.2, 0.25) is 0 Å². The molecule has 0 heterocycles. The monoisotopic (exact) mass is 380 g/mol. The van der Waals surface area contributed by atoms with E-state index in [1.54, 1.807) is 50.3 Å². The molecule has 0 aliphatic rings. The number of allylic oxidation sites excluding steroid dienone is 5. The molecular weight excluding hydrogens is 356 g/mol. The Labute approximate surface area is 165 Å². The third-order valence-corrected chi connectivity index (χ3v) is 3.45. The van der Waals surface area contributed by atoms with E-state index in [1.807, 2.05) is 0 Å². The molecule has 0 aliphatic carbocycles. The molecule has 0 saturated carbocycles. The van der Waals surface area contributed by atoms with Gasteiger partial charge >= 0.3 is 11.9 Å². The van der Waals surface area contributed by atoms with Crippen LogP contribution < -0.4 is 9.47 Å². The number of ether oxygens (including phenoxy) is 3. The Kier molecular flexibility index (Phi) is 8.44. The number of benzene rings is 1. The molecular formula is C23H24O5. The zero-order valence-electron chi connectivity index (χ0n) is 16.4. The molecule has 0 radical (unpaired) electrons. The first kappa shape index (κ1) is 22.4. The van der Waals surface area contributed by atoms with Crippen molar-refractivity contribution in [1.29, 1.82) is 0 Å². The van der Waals surface area contributed by atoms with Gasteiger partial charge in [-0.2, -0.15) is 0 Å². The number of methoxy groups -OCH3 is 1. The van der Waals surface area contributed by atoms with Crippen molar-refractivity contribution in [2.24, 2.45) is 0 Å². The lowest BCUT2D eigenvalue weighted by Gasteiger charge is -2.12. The van der Waals surface area contributed by atoms with E-state index in [0.29, 0.717) is 28.2 Å². The highest BCUT2D eigenvalue weighted by atomic mass is 16.5. The second-order valence-corrected chi connectivity index (χ2v) is 5.80. The van der Waals surface area contributed by atoms with E-state index in [4.69, 9.17) is 14.2 Å². The van der Waals surface area contributed by atoms with Crippen molar-refractivity contribution in [1.82, 2.24) is 0 Å². The van der Waals surface area contributed by atoms with Gasteiger partial charge in [0.05, 0.1) is 7.11 Å². The van der Waals surface area contributed by atoms with Gasteiger partial charge in [-0.1, -0.05) is 38.5 Å². The second kappa shape index (κ2) is 10.5. The van der Waals surface area contributed by atoms with Crippen LogP contribution in [0.15, 0.2) is 85.7 Å². The van der Waals surface area contributed by atoms with E-state index in [9.17, 15) is 9.59 Å². The fourth-order valence-corrected chi connectivity index (χ4v) is 1.95. The summed E-state index contributed by atoms with van der Waals surface area (Å²) < 4.78 is 15.8. The Bertz CT molecular complexity index is 884. The van der Waals surface area contributed by atoms with E-state index >= 15 is 0 Å². The van der Waals surface area contributed by atoms with Gasteiger partial charge in [-0.05, 0) is 43.7 Å². The van der Waals surface area contributed by atoms with Crippen molar-refractivity contribution in [2.75, 3.05) is 7.11 Å². The minimum Gasteiger partial charge on any atom is -0.496 e. The summed E-state index contributed by atoms with van der Waals surface area (Å²) >= 11 is 0. The molecule has 0 aliphatic heterocycles. The first-order chi connectivity index (χ1) is 13.2. The molecule has 28 heavy (non-hydrogen) atoms. The molecule has 0 saturated heterocycles. The van der Waals surface area contributed by atoms with Crippen LogP contribution in [-0.2, 0) is 14.3 Å². The standard InChI is InChI=1S/C23H24O5/c1-8-17(10-11-18(9-2)27-22(24)15(3)4)20-13-12-19(14-21(20)26-7)28-23(25)16(5)6/h8-14H,1-3,5H2,4,6-7H3/b17-10+,18-11+. The number of hydrogen-bond acceptors (Lipinski definition) is 5. The number of rotatable bonds is 9. The molecule has 1 aromatic carbocycles. The first-order valence-corrected chi connectivity index (χ1v) is 8.34. The predicted molar refractivity (Wildman–Crippen MR) is 111 cm³/mol. The molecule has 0 spiro atoms. The molecule has 0 bridgehead atoms. The van der Waals surface area contributed by atoms with Crippen LogP contribution in [0.5, 0.6) is 11.5 Å². The third kappa shape index (κ3) is 6.29. The summed E-state index contributed by atoms with van der Waals surface area (Å²) in [5.74, 6) is 0.00633. The van der Waals surface area contributed by atoms with Crippen LogP contribution in [-0.4, -0.2) is 19.0 Å². The minimum absolute atomic E-state index is 0.262. The highest BCUT2D eigenvalue weighted by Gasteiger charge is 2.11. The summed E-state index contributed by atoms with van der Waals surface area (Å²) in [6, 6.07) is 4.96. The van der Waals surface area contributed by atoms with E-state index in [-0.39, 0.29) is 11.3 Å². The molecule has 146 valence electrons. The summed E-state index contributed by atoms with van der Waals surface area (Å²) in [6.07, 6.45) is 6.32. The molecule has 0 N–H and O–H groups in total. The summed E-state index contributed by atoms with van der Waals surface area (Å²) in [5, 5.41) is 0. The number of hydrogen-bond donors (Lipinski definition) is 0. The van der Waals surface area contributed by atoms with Crippen LogP contribution in [0, 0.1) is 0 Å². The normalized spacial score (nSPS) is 11.2. The smallest absolute Gasteiger partial charge is 0.338 e. The van der Waals surface area contributed by atoms with Crippen molar-refractivity contribution >= 4 is 17.5 Å². The van der Waals surface area contributed by atoms with Gasteiger partial charge in [0, 0.05) is 22.8 Å². The SMILES string of the molecule is C=C/C(=C\C=C(/C=C)c1ccc(OC(=O)C(=C)C)cc1OC)OC(=O)C(=C)C. The molecule has 0 amide bonds.